The van der Waals surface area contributed by atoms with Gasteiger partial charge in [0, 0.05) is 32.2 Å². The minimum absolute atomic E-state index is 0.00118. The zero-order valence-corrected chi connectivity index (χ0v) is 14.0. The van der Waals surface area contributed by atoms with Gasteiger partial charge in [-0.05, 0) is 38.8 Å². The minimum atomic E-state index is 0.00118. The summed E-state index contributed by atoms with van der Waals surface area (Å²) >= 11 is 0. The Morgan fingerprint density at radius 2 is 1.76 bits per heavy atom. The molecule has 120 valence electrons. The molecule has 0 radical (unpaired) electrons. The van der Waals surface area contributed by atoms with E-state index >= 15 is 0 Å². The predicted molar refractivity (Wildman–Crippen MR) is 84.6 cm³/mol. The molecule has 0 saturated carbocycles. The first-order chi connectivity index (χ1) is 10.1. The molecule has 0 aliphatic heterocycles. The van der Waals surface area contributed by atoms with Crippen LogP contribution in [0.3, 0.4) is 0 Å². The summed E-state index contributed by atoms with van der Waals surface area (Å²) in [6.45, 7) is 8.78. The molecule has 1 atom stereocenters. The van der Waals surface area contributed by atoms with E-state index in [9.17, 15) is 0 Å². The van der Waals surface area contributed by atoms with Crippen LogP contribution in [0.1, 0.15) is 48.6 Å². The fourth-order valence-electron chi connectivity index (χ4n) is 2.40. The van der Waals surface area contributed by atoms with Crippen molar-refractivity contribution in [2.45, 2.75) is 46.1 Å². The van der Waals surface area contributed by atoms with Gasteiger partial charge in [0.2, 0.25) is 0 Å². The van der Waals surface area contributed by atoms with Crippen LogP contribution < -0.4 is 5.32 Å². The van der Waals surface area contributed by atoms with Gasteiger partial charge in [0.15, 0.2) is 5.82 Å². The van der Waals surface area contributed by atoms with E-state index in [1.54, 1.807) is 14.2 Å². The molecule has 1 rings (SSSR count). The molecule has 1 aromatic rings. The zero-order chi connectivity index (χ0) is 15.7. The van der Waals surface area contributed by atoms with Gasteiger partial charge in [0.05, 0.1) is 6.61 Å². The SMILES string of the molecule is CCCC(OC)c1nc(C)c(CCNCCOC)c(C)n1. The van der Waals surface area contributed by atoms with Gasteiger partial charge in [-0.2, -0.15) is 0 Å². The number of hydrogen-bond donors (Lipinski definition) is 1. The van der Waals surface area contributed by atoms with E-state index in [1.165, 1.54) is 5.56 Å². The van der Waals surface area contributed by atoms with Gasteiger partial charge >= 0.3 is 0 Å². The number of methoxy groups -OCH3 is 2. The number of ether oxygens (including phenoxy) is 2. The number of rotatable bonds is 10. The molecule has 0 spiro atoms. The molecule has 5 nitrogen and oxygen atoms in total. The summed E-state index contributed by atoms with van der Waals surface area (Å²) in [6, 6.07) is 0. The van der Waals surface area contributed by atoms with Crippen molar-refractivity contribution in [2.24, 2.45) is 0 Å². The highest BCUT2D eigenvalue weighted by molar-refractivity contribution is 5.25. The standard InChI is InChI=1S/C16H29N3O2/c1-6-7-15(21-5)16-18-12(2)14(13(3)19-16)8-9-17-10-11-20-4/h15,17H,6-11H2,1-5H3. The third-order valence-electron chi connectivity index (χ3n) is 3.60. The average molecular weight is 295 g/mol. The van der Waals surface area contributed by atoms with Crippen molar-refractivity contribution in [2.75, 3.05) is 33.9 Å². The Kier molecular flexibility index (Phi) is 8.42. The van der Waals surface area contributed by atoms with Crippen LogP contribution in [0.25, 0.3) is 0 Å². The highest BCUT2D eigenvalue weighted by atomic mass is 16.5. The van der Waals surface area contributed by atoms with Crippen molar-refractivity contribution in [3.63, 3.8) is 0 Å². The van der Waals surface area contributed by atoms with Crippen LogP contribution in [-0.2, 0) is 15.9 Å². The fraction of sp³-hybridized carbons (Fsp3) is 0.750. The monoisotopic (exact) mass is 295 g/mol. The molecule has 0 fully saturated rings. The van der Waals surface area contributed by atoms with E-state index in [2.05, 4.69) is 36.1 Å². The summed E-state index contributed by atoms with van der Waals surface area (Å²) < 4.78 is 10.5. The second-order valence-corrected chi connectivity index (χ2v) is 5.24. The van der Waals surface area contributed by atoms with E-state index < -0.39 is 0 Å². The summed E-state index contributed by atoms with van der Waals surface area (Å²) in [7, 11) is 3.44. The van der Waals surface area contributed by atoms with Gasteiger partial charge in [0.1, 0.15) is 6.10 Å². The molecule has 0 aliphatic carbocycles. The first kappa shape index (κ1) is 18.0. The Morgan fingerprint density at radius 3 is 2.29 bits per heavy atom. The van der Waals surface area contributed by atoms with Crippen LogP contribution in [0.15, 0.2) is 0 Å². The van der Waals surface area contributed by atoms with Crippen molar-refractivity contribution in [3.05, 3.63) is 22.8 Å². The van der Waals surface area contributed by atoms with Crippen LogP contribution in [0.4, 0.5) is 0 Å². The first-order valence-electron chi connectivity index (χ1n) is 7.70. The molecule has 0 aliphatic rings. The van der Waals surface area contributed by atoms with Crippen LogP contribution in [0, 0.1) is 13.8 Å². The van der Waals surface area contributed by atoms with Crippen LogP contribution in [-0.4, -0.2) is 43.9 Å². The van der Waals surface area contributed by atoms with Crippen molar-refractivity contribution in [1.82, 2.24) is 15.3 Å². The second kappa shape index (κ2) is 9.82. The molecule has 1 unspecified atom stereocenters. The fourth-order valence-corrected chi connectivity index (χ4v) is 2.40. The Morgan fingerprint density at radius 1 is 1.10 bits per heavy atom. The number of nitrogens with one attached hydrogen (secondary N) is 1. The molecule has 0 saturated heterocycles. The third-order valence-corrected chi connectivity index (χ3v) is 3.60. The van der Waals surface area contributed by atoms with Gasteiger partial charge in [-0.15, -0.1) is 0 Å². The van der Waals surface area contributed by atoms with Gasteiger partial charge < -0.3 is 14.8 Å². The van der Waals surface area contributed by atoms with Gasteiger partial charge in [0.25, 0.3) is 0 Å². The Hall–Kier alpha value is -1.04. The van der Waals surface area contributed by atoms with E-state index in [0.29, 0.717) is 0 Å². The van der Waals surface area contributed by atoms with E-state index in [0.717, 1.165) is 56.2 Å². The smallest absolute Gasteiger partial charge is 0.157 e. The summed E-state index contributed by atoms with van der Waals surface area (Å²) in [4.78, 5) is 9.30. The zero-order valence-electron chi connectivity index (χ0n) is 14.0. The quantitative estimate of drug-likeness (QED) is 0.672. The van der Waals surface area contributed by atoms with Gasteiger partial charge in [-0.25, -0.2) is 9.97 Å². The van der Waals surface area contributed by atoms with E-state index in [4.69, 9.17) is 9.47 Å². The maximum Gasteiger partial charge on any atom is 0.157 e. The van der Waals surface area contributed by atoms with Crippen LogP contribution in [0.5, 0.6) is 0 Å². The number of hydrogen-bond acceptors (Lipinski definition) is 5. The first-order valence-corrected chi connectivity index (χ1v) is 7.70. The van der Waals surface area contributed by atoms with Crippen molar-refractivity contribution < 1.29 is 9.47 Å². The number of nitrogens with zero attached hydrogens (tertiary/aromatic N) is 2. The average Bonchev–Trinajstić information content (AvgIpc) is 2.46. The molecule has 1 heterocycles. The molecular formula is C16H29N3O2. The maximum absolute atomic E-state index is 5.50. The Bertz CT molecular complexity index is 401. The normalized spacial score (nSPS) is 12.6. The van der Waals surface area contributed by atoms with Crippen molar-refractivity contribution >= 4 is 0 Å². The lowest BCUT2D eigenvalue weighted by Gasteiger charge is -2.16. The molecular weight excluding hydrogens is 266 g/mol. The molecule has 0 bridgehead atoms. The molecule has 0 aromatic carbocycles. The predicted octanol–water partition coefficient (Wildman–Crippen LogP) is 2.36. The summed E-state index contributed by atoms with van der Waals surface area (Å²) in [5, 5.41) is 3.35. The molecule has 1 aromatic heterocycles. The Balaban J connectivity index is 2.70. The number of aromatic nitrogens is 2. The van der Waals surface area contributed by atoms with Crippen LogP contribution in [0.2, 0.25) is 0 Å². The Labute approximate surface area is 128 Å². The summed E-state index contributed by atoms with van der Waals surface area (Å²) in [5.41, 5.74) is 3.35. The van der Waals surface area contributed by atoms with E-state index in [1.807, 2.05) is 0 Å². The molecule has 1 N–H and O–H groups in total. The van der Waals surface area contributed by atoms with E-state index in [-0.39, 0.29) is 6.10 Å². The third kappa shape index (κ3) is 5.69. The highest BCUT2D eigenvalue weighted by Gasteiger charge is 2.16. The van der Waals surface area contributed by atoms with Gasteiger partial charge in [-0.1, -0.05) is 13.3 Å². The minimum Gasteiger partial charge on any atom is -0.383 e. The molecule has 21 heavy (non-hydrogen) atoms. The topological polar surface area (TPSA) is 56.3 Å². The lowest BCUT2D eigenvalue weighted by atomic mass is 10.1. The lowest BCUT2D eigenvalue weighted by molar-refractivity contribution is 0.0872. The largest absolute Gasteiger partial charge is 0.383 e. The highest BCUT2D eigenvalue weighted by Crippen LogP contribution is 2.21. The molecule has 0 amide bonds. The molecule has 5 heteroatoms. The second-order valence-electron chi connectivity index (χ2n) is 5.24. The lowest BCUT2D eigenvalue weighted by Crippen LogP contribution is -2.23. The van der Waals surface area contributed by atoms with Crippen molar-refractivity contribution in [3.8, 4) is 0 Å². The summed E-state index contributed by atoms with van der Waals surface area (Å²) in [6.07, 6.45) is 2.95. The van der Waals surface area contributed by atoms with Crippen LogP contribution >= 0.6 is 0 Å². The van der Waals surface area contributed by atoms with Gasteiger partial charge in [-0.3, -0.25) is 0 Å². The summed E-state index contributed by atoms with van der Waals surface area (Å²) in [5.74, 6) is 0.811. The van der Waals surface area contributed by atoms with Crippen molar-refractivity contribution in [1.29, 1.82) is 0 Å². The number of aryl methyl sites for hydroxylation is 2. The maximum atomic E-state index is 5.50.